The highest BCUT2D eigenvalue weighted by molar-refractivity contribution is 7.09. The molecular weight excluding hydrogens is 270 g/mol. The molecule has 4 nitrogen and oxygen atoms in total. The van der Waals surface area contributed by atoms with E-state index < -0.39 is 0 Å². The molecule has 1 aromatic heterocycles. The molecule has 2 rings (SSSR count). The highest BCUT2D eigenvalue weighted by Gasteiger charge is 2.35. The Morgan fingerprint density at radius 1 is 1.45 bits per heavy atom. The van der Waals surface area contributed by atoms with Crippen molar-refractivity contribution in [3.8, 4) is 0 Å². The third-order valence-corrected chi connectivity index (χ3v) is 5.00. The molecule has 1 aliphatic heterocycles. The van der Waals surface area contributed by atoms with Crippen molar-refractivity contribution in [1.29, 1.82) is 0 Å². The van der Waals surface area contributed by atoms with E-state index in [1.54, 1.807) is 11.3 Å². The molecule has 112 valence electrons. The summed E-state index contributed by atoms with van der Waals surface area (Å²) in [6.07, 6.45) is 4.32. The smallest absolute Gasteiger partial charge is 0.239 e. The van der Waals surface area contributed by atoms with E-state index in [0.29, 0.717) is 0 Å². The number of amides is 1. The van der Waals surface area contributed by atoms with Gasteiger partial charge in [-0.1, -0.05) is 0 Å². The predicted octanol–water partition coefficient (Wildman–Crippen LogP) is 2.37. The first-order chi connectivity index (χ1) is 9.50. The monoisotopic (exact) mass is 295 g/mol. The lowest BCUT2D eigenvalue weighted by Gasteiger charge is -2.33. The summed E-state index contributed by atoms with van der Waals surface area (Å²) < 4.78 is 0. The zero-order valence-corrected chi connectivity index (χ0v) is 13.6. The zero-order valence-electron chi connectivity index (χ0n) is 12.7. The van der Waals surface area contributed by atoms with E-state index in [9.17, 15) is 4.79 Å². The maximum absolute atomic E-state index is 12.3. The predicted molar refractivity (Wildman–Crippen MR) is 83.1 cm³/mol. The summed E-state index contributed by atoms with van der Waals surface area (Å²) in [6, 6.07) is 0. The number of aromatic nitrogens is 1. The Hall–Kier alpha value is -0.940. The van der Waals surface area contributed by atoms with E-state index in [0.717, 1.165) is 43.2 Å². The SMILES string of the molecule is Cc1csc(CCCNC(=O)C(C)(C)N2CCCC2)n1. The average molecular weight is 295 g/mol. The van der Waals surface area contributed by atoms with Crippen molar-refractivity contribution in [1.82, 2.24) is 15.2 Å². The topological polar surface area (TPSA) is 45.2 Å². The quantitative estimate of drug-likeness (QED) is 0.820. The van der Waals surface area contributed by atoms with Crippen LogP contribution >= 0.6 is 11.3 Å². The van der Waals surface area contributed by atoms with E-state index >= 15 is 0 Å². The molecule has 20 heavy (non-hydrogen) atoms. The second-order valence-electron chi connectivity index (χ2n) is 6.00. The van der Waals surface area contributed by atoms with Gasteiger partial charge in [-0.15, -0.1) is 11.3 Å². The van der Waals surface area contributed by atoms with Gasteiger partial charge in [-0.2, -0.15) is 0 Å². The van der Waals surface area contributed by atoms with Crippen LogP contribution in [0.5, 0.6) is 0 Å². The number of carbonyl (C=O) groups is 1. The van der Waals surface area contributed by atoms with Crippen molar-refractivity contribution in [2.75, 3.05) is 19.6 Å². The van der Waals surface area contributed by atoms with E-state index in [4.69, 9.17) is 0 Å². The first-order valence-corrected chi connectivity index (χ1v) is 8.32. The van der Waals surface area contributed by atoms with E-state index in [1.165, 1.54) is 12.8 Å². The van der Waals surface area contributed by atoms with Crippen molar-refractivity contribution >= 4 is 17.2 Å². The molecule has 0 spiro atoms. The fourth-order valence-electron chi connectivity index (χ4n) is 2.60. The van der Waals surface area contributed by atoms with Gasteiger partial charge in [0.05, 0.1) is 10.5 Å². The standard InChI is InChI=1S/C15H25N3OS/c1-12-11-20-13(17-12)7-6-8-16-14(19)15(2,3)18-9-4-5-10-18/h11H,4-10H2,1-3H3,(H,16,19). The minimum absolute atomic E-state index is 0.148. The third kappa shape index (κ3) is 3.79. The number of hydrogen-bond donors (Lipinski definition) is 1. The Labute approximate surface area is 125 Å². The van der Waals surface area contributed by atoms with Crippen LogP contribution in [-0.4, -0.2) is 41.0 Å². The van der Waals surface area contributed by atoms with Gasteiger partial charge in [0.2, 0.25) is 5.91 Å². The molecule has 2 heterocycles. The Bertz CT molecular complexity index is 450. The molecule has 0 atom stereocenters. The minimum atomic E-state index is -0.381. The Kier molecular flexibility index (Phi) is 5.16. The largest absolute Gasteiger partial charge is 0.354 e. The van der Waals surface area contributed by atoms with Crippen molar-refractivity contribution in [3.63, 3.8) is 0 Å². The Balaban J connectivity index is 1.71. The van der Waals surface area contributed by atoms with Crippen LogP contribution in [0.15, 0.2) is 5.38 Å². The molecule has 0 unspecified atom stereocenters. The van der Waals surface area contributed by atoms with Gasteiger partial charge in [0, 0.05) is 24.0 Å². The molecule has 0 saturated carbocycles. The van der Waals surface area contributed by atoms with E-state index in [1.807, 2.05) is 20.8 Å². The number of likely N-dealkylation sites (tertiary alicyclic amines) is 1. The highest BCUT2D eigenvalue weighted by Crippen LogP contribution is 2.21. The molecule has 5 heteroatoms. The summed E-state index contributed by atoms with van der Waals surface area (Å²) in [5, 5.41) is 6.31. The highest BCUT2D eigenvalue weighted by atomic mass is 32.1. The van der Waals surface area contributed by atoms with Crippen molar-refractivity contribution in [2.45, 2.75) is 52.0 Å². The molecule has 0 bridgehead atoms. The third-order valence-electron chi connectivity index (χ3n) is 3.97. The molecule has 1 aromatic rings. The van der Waals surface area contributed by atoms with Crippen molar-refractivity contribution < 1.29 is 4.79 Å². The summed E-state index contributed by atoms with van der Waals surface area (Å²) in [5.41, 5.74) is 0.707. The second-order valence-corrected chi connectivity index (χ2v) is 6.94. The molecule has 0 aliphatic carbocycles. The van der Waals surface area contributed by atoms with Crippen LogP contribution in [-0.2, 0) is 11.2 Å². The lowest BCUT2D eigenvalue weighted by Crippen LogP contribution is -2.54. The maximum atomic E-state index is 12.3. The van der Waals surface area contributed by atoms with Crippen LogP contribution in [0.2, 0.25) is 0 Å². The summed E-state index contributed by atoms with van der Waals surface area (Å²) >= 11 is 1.70. The van der Waals surface area contributed by atoms with Gasteiger partial charge in [-0.25, -0.2) is 4.98 Å². The Morgan fingerprint density at radius 3 is 2.75 bits per heavy atom. The van der Waals surface area contributed by atoms with Crippen LogP contribution in [0.3, 0.4) is 0 Å². The van der Waals surface area contributed by atoms with Gasteiger partial charge in [-0.3, -0.25) is 9.69 Å². The first-order valence-electron chi connectivity index (χ1n) is 7.44. The van der Waals surface area contributed by atoms with Crippen LogP contribution in [0, 0.1) is 6.92 Å². The van der Waals surface area contributed by atoms with Gasteiger partial charge < -0.3 is 5.32 Å². The number of thiazole rings is 1. The maximum Gasteiger partial charge on any atom is 0.239 e. The summed E-state index contributed by atoms with van der Waals surface area (Å²) in [4.78, 5) is 19.0. The molecule has 1 amide bonds. The number of nitrogens with one attached hydrogen (secondary N) is 1. The van der Waals surface area contributed by atoms with E-state index in [-0.39, 0.29) is 11.4 Å². The molecule has 1 fully saturated rings. The van der Waals surface area contributed by atoms with Gasteiger partial charge >= 0.3 is 0 Å². The molecule has 1 N–H and O–H groups in total. The first kappa shape index (κ1) is 15.4. The zero-order chi connectivity index (χ0) is 14.6. The molecule has 1 saturated heterocycles. The molecule has 1 aliphatic rings. The van der Waals surface area contributed by atoms with Crippen LogP contribution < -0.4 is 5.32 Å². The normalized spacial score (nSPS) is 16.6. The van der Waals surface area contributed by atoms with Gasteiger partial charge in [0.1, 0.15) is 0 Å². The second kappa shape index (κ2) is 6.68. The number of rotatable bonds is 6. The fraction of sp³-hybridized carbons (Fsp3) is 0.733. The van der Waals surface area contributed by atoms with Crippen LogP contribution in [0.1, 0.15) is 43.8 Å². The lowest BCUT2D eigenvalue weighted by molar-refractivity contribution is -0.131. The summed E-state index contributed by atoms with van der Waals surface area (Å²) in [7, 11) is 0. The van der Waals surface area contributed by atoms with Crippen LogP contribution in [0.25, 0.3) is 0 Å². The molecule has 0 radical (unpaired) electrons. The Morgan fingerprint density at radius 2 is 2.15 bits per heavy atom. The fourth-order valence-corrected chi connectivity index (χ4v) is 3.41. The van der Waals surface area contributed by atoms with Crippen LogP contribution in [0.4, 0.5) is 0 Å². The van der Waals surface area contributed by atoms with Crippen molar-refractivity contribution in [2.24, 2.45) is 0 Å². The van der Waals surface area contributed by atoms with Gasteiger partial charge in [0.15, 0.2) is 0 Å². The summed E-state index contributed by atoms with van der Waals surface area (Å²) in [6.45, 7) is 8.88. The number of nitrogens with zero attached hydrogens (tertiary/aromatic N) is 2. The summed E-state index contributed by atoms with van der Waals surface area (Å²) in [5.74, 6) is 0.148. The number of hydrogen-bond acceptors (Lipinski definition) is 4. The molecule has 0 aromatic carbocycles. The minimum Gasteiger partial charge on any atom is -0.354 e. The average Bonchev–Trinajstić information content (AvgIpc) is 3.05. The van der Waals surface area contributed by atoms with E-state index in [2.05, 4.69) is 20.6 Å². The number of carbonyl (C=O) groups excluding carboxylic acids is 1. The van der Waals surface area contributed by atoms with Crippen molar-refractivity contribution in [3.05, 3.63) is 16.1 Å². The van der Waals surface area contributed by atoms with Gasteiger partial charge in [-0.05, 0) is 53.1 Å². The lowest BCUT2D eigenvalue weighted by atomic mass is 10.0. The van der Waals surface area contributed by atoms with Gasteiger partial charge in [0.25, 0.3) is 0 Å². The molecular formula is C15H25N3OS. The number of aryl methyl sites for hydroxylation is 2.